The Morgan fingerprint density at radius 1 is 1.07 bits per heavy atom. The predicted octanol–water partition coefficient (Wildman–Crippen LogP) is 3.51. The Kier molecular flexibility index (Phi) is 6.16. The SMILES string of the molecule is CN(Cc1ccc(N(C)C)cc1)C(=O)COC(=O)c1cc2c(s1)CCCC2. The number of aryl methyl sites for hydroxylation is 2. The van der Waals surface area contributed by atoms with Crippen LogP contribution in [-0.2, 0) is 28.9 Å². The Hall–Kier alpha value is -2.34. The molecule has 6 heteroatoms. The van der Waals surface area contributed by atoms with Crippen LogP contribution < -0.4 is 4.90 Å². The second-order valence-electron chi connectivity index (χ2n) is 7.15. The van der Waals surface area contributed by atoms with Gasteiger partial charge in [-0.1, -0.05) is 12.1 Å². The number of hydrogen-bond donors (Lipinski definition) is 0. The summed E-state index contributed by atoms with van der Waals surface area (Å²) in [6.07, 6.45) is 4.44. The summed E-state index contributed by atoms with van der Waals surface area (Å²) in [4.78, 5) is 30.1. The van der Waals surface area contributed by atoms with E-state index in [4.69, 9.17) is 4.74 Å². The van der Waals surface area contributed by atoms with E-state index >= 15 is 0 Å². The van der Waals surface area contributed by atoms with Gasteiger partial charge in [-0.25, -0.2) is 4.79 Å². The molecular weight excluding hydrogens is 360 g/mol. The van der Waals surface area contributed by atoms with Crippen LogP contribution in [0.5, 0.6) is 0 Å². The number of carbonyl (C=O) groups is 2. The summed E-state index contributed by atoms with van der Waals surface area (Å²) in [5.41, 5.74) is 3.41. The maximum atomic E-state index is 12.3. The first kappa shape index (κ1) is 19.4. The summed E-state index contributed by atoms with van der Waals surface area (Å²) in [5.74, 6) is -0.604. The van der Waals surface area contributed by atoms with Gasteiger partial charge in [0.2, 0.25) is 0 Å². The zero-order valence-electron chi connectivity index (χ0n) is 16.2. The molecule has 1 aromatic carbocycles. The summed E-state index contributed by atoms with van der Waals surface area (Å²) in [6, 6.07) is 9.98. The lowest BCUT2D eigenvalue weighted by Crippen LogP contribution is -2.30. The fraction of sp³-hybridized carbons (Fsp3) is 0.429. The third-order valence-electron chi connectivity index (χ3n) is 4.82. The Bertz CT molecular complexity index is 788. The number of rotatable bonds is 6. The van der Waals surface area contributed by atoms with Gasteiger partial charge >= 0.3 is 5.97 Å². The Labute approximate surface area is 164 Å². The van der Waals surface area contributed by atoms with Crippen LogP contribution in [0.15, 0.2) is 30.3 Å². The van der Waals surface area contributed by atoms with E-state index < -0.39 is 5.97 Å². The highest BCUT2D eigenvalue weighted by molar-refractivity contribution is 7.14. The van der Waals surface area contributed by atoms with Gasteiger partial charge in [0.05, 0.1) is 0 Å². The second-order valence-corrected chi connectivity index (χ2v) is 8.29. The molecule has 0 N–H and O–H groups in total. The number of esters is 1. The molecule has 2 aromatic rings. The van der Waals surface area contributed by atoms with Crippen molar-refractivity contribution in [2.45, 2.75) is 32.2 Å². The molecule has 0 radical (unpaired) electrons. The zero-order chi connectivity index (χ0) is 19.4. The molecule has 0 fully saturated rings. The normalized spacial score (nSPS) is 13.0. The van der Waals surface area contributed by atoms with Crippen molar-refractivity contribution in [2.24, 2.45) is 0 Å². The van der Waals surface area contributed by atoms with E-state index in [-0.39, 0.29) is 12.5 Å². The molecule has 0 aliphatic heterocycles. The molecule has 1 aromatic heterocycles. The van der Waals surface area contributed by atoms with E-state index in [0.717, 1.165) is 24.1 Å². The Morgan fingerprint density at radius 2 is 1.78 bits per heavy atom. The number of ether oxygens (including phenoxy) is 1. The van der Waals surface area contributed by atoms with E-state index in [1.807, 2.05) is 49.3 Å². The average Bonchev–Trinajstić information content (AvgIpc) is 3.10. The lowest BCUT2D eigenvalue weighted by Gasteiger charge is -2.18. The molecule has 0 spiro atoms. The topological polar surface area (TPSA) is 49.9 Å². The fourth-order valence-corrected chi connectivity index (χ4v) is 4.31. The third kappa shape index (κ3) is 4.89. The minimum atomic E-state index is -0.397. The highest BCUT2D eigenvalue weighted by Gasteiger charge is 2.19. The minimum absolute atomic E-state index is 0.207. The number of anilines is 1. The maximum Gasteiger partial charge on any atom is 0.348 e. The van der Waals surface area contributed by atoms with Crippen LogP contribution in [0.2, 0.25) is 0 Å². The highest BCUT2D eigenvalue weighted by atomic mass is 32.1. The van der Waals surface area contributed by atoms with Crippen LogP contribution in [0.1, 0.15) is 38.5 Å². The number of thiophene rings is 1. The first-order chi connectivity index (χ1) is 12.9. The molecule has 1 amide bonds. The van der Waals surface area contributed by atoms with Crippen molar-refractivity contribution < 1.29 is 14.3 Å². The van der Waals surface area contributed by atoms with Gasteiger partial charge in [0.15, 0.2) is 6.61 Å². The van der Waals surface area contributed by atoms with Gasteiger partial charge < -0.3 is 14.5 Å². The first-order valence-corrected chi connectivity index (χ1v) is 10.0. The fourth-order valence-electron chi connectivity index (χ4n) is 3.16. The van der Waals surface area contributed by atoms with Crippen molar-refractivity contribution in [1.82, 2.24) is 4.90 Å². The van der Waals surface area contributed by atoms with Gasteiger partial charge in [-0.2, -0.15) is 0 Å². The molecule has 1 aliphatic rings. The zero-order valence-corrected chi connectivity index (χ0v) is 17.0. The highest BCUT2D eigenvalue weighted by Crippen LogP contribution is 2.30. The van der Waals surface area contributed by atoms with Crippen molar-refractivity contribution in [3.8, 4) is 0 Å². The summed E-state index contributed by atoms with van der Waals surface area (Å²) in [6.45, 7) is 0.255. The van der Waals surface area contributed by atoms with Crippen LogP contribution in [0.4, 0.5) is 5.69 Å². The van der Waals surface area contributed by atoms with E-state index in [1.54, 1.807) is 11.9 Å². The predicted molar refractivity (Wildman–Crippen MR) is 108 cm³/mol. The molecule has 0 bridgehead atoms. The van der Waals surface area contributed by atoms with Crippen LogP contribution in [0.25, 0.3) is 0 Å². The van der Waals surface area contributed by atoms with Crippen molar-refractivity contribution in [2.75, 3.05) is 32.6 Å². The van der Waals surface area contributed by atoms with Gasteiger partial charge in [-0.05, 0) is 55.0 Å². The summed E-state index contributed by atoms with van der Waals surface area (Å²) >= 11 is 1.51. The van der Waals surface area contributed by atoms with Crippen molar-refractivity contribution in [3.05, 3.63) is 51.2 Å². The second kappa shape index (κ2) is 8.57. The third-order valence-corrected chi connectivity index (χ3v) is 6.04. The Morgan fingerprint density at radius 3 is 2.44 bits per heavy atom. The molecule has 27 heavy (non-hydrogen) atoms. The first-order valence-electron chi connectivity index (χ1n) is 9.23. The van der Waals surface area contributed by atoms with Gasteiger partial charge in [0, 0.05) is 38.3 Å². The number of benzene rings is 1. The molecule has 0 unspecified atom stereocenters. The summed E-state index contributed by atoms with van der Waals surface area (Å²) in [7, 11) is 5.70. The number of amides is 1. The lowest BCUT2D eigenvalue weighted by atomic mass is 9.99. The monoisotopic (exact) mass is 386 g/mol. The van der Waals surface area contributed by atoms with Crippen LogP contribution in [0.3, 0.4) is 0 Å². The average molecular weight is 387 g/mol. The number of likely N-dealkylation sites (N-methyl/N-ethyl adjacent to an activating group) is 1. The van der Waals surface area contributed by atoms with Crippen molar-refractivity contribution in [1.29, 1.82) is 0 Å². The van der Waals surface area contributed by atoms with Gasteiger partial charge in [-0.15, -0.1) is 11.3 Å². The largest absolute Gasteiger partial charge is 0.451 e. The molecule has 0 saturated heterocycles. The number of nitrogens with zero attached hydrogens (tertiary/aromatic N) is 2. The van der Waals surface area contributed by atoms with Crippen molar-refractivity contribution in [3.63, 3.8) is 0 Å². The number of hydrogen-bond acceptors (Lipinski definition) is 5. The standard InChI is InChI=1S/C21H26N2O3S/c1-22(2)17-10-8-15(9-11-17)13-23(3)20(24)14-26-21(25)19-12-16-6-4-5-7-18(16)27-19/h8-12H,4-7,13-14H2,1-3H3. The van der Waals surface area contributed by atoms with E-state index in [0.29, 0.717) is 11.4 Å². The molecule has 3 rings (SSSR count). The van der Waals surface area contributed by atoms with Crippen LogP contribution >= 0.6 is 11.3 Å². The number of carbonyl (C=O) groups excluding carboxylic acids is 2. The van der Waals surface area contributed by atoms with Gasteiger partial charge in [0.1, 0.15) is 4.88 Å². The quantitative estimate of drug-likeness (QED) is 0.713. The van der Waals surface area contributed by atoms with Gasteiger partial charge in [0.25, 0.3) is 5.91 Å². The van der Waals surface area contributed by atoms with Crippen LogP contribution in [0, 0.1) is 0 Å². The van der Waals surface area contributed by atoms with Gasteiger partial charge in [-0.3, -0.25) is 4.79 Å². The van der Waals surface area contributed by atoms with Crippen LogP contribution in [-0.4, -0.2) is 44.5 Å². The lowest BCUT2D eigenvalue weighted by molar-refractivity contribution is -0.133. The molecule has 5 nitrogen and oxygen atoms in total. The molecular formula is C21H26N2O3S. The summed E-state index contributed by atoms with van der Waals surface area (Å²) < 4.78 is 5.25. The molecule has 144 valence electrons. The molecule has 1 aliphatic carbocycles. The molecule has 1 heterocycles. The minimum Gasteiger partial charge on any atom is -0.451 e. The maximum absolute atomic E-state index is 12.3. The number of fused-ring (bicyclic) bond motifs is 1. The van der Waals surface area contributed by atoms with E-state index in [2.05, 4.69) is 0 Å². The molecule has 0 saturated carbocycles. The molecule has 0 atom stereocenters. The van der Waals surface area contributed by atoms with E-state index in [9.17, 15) is 9.59 Å². The summed E-state index contributed by atoms with van der Waals surface area (Å²) in [5, 5.41) is 0. The van der Waals surface area contributed by atoms with Crippen molar-refractivity contribution >= 4 is 28.9 Å². The van der Waals surface area contributed by atoms with E-state index in [1.165, 1.54) is 34.6 Å². The Balaban J connectivity index is 1.50. The smallest absolute Gasteiger partial charge is 0.348 e.